The summed E-state index contributed by atoms with van der Waals surface area (Å²) in [5.74, 6) is 1.65. The number of hydrogen-bond acceptors (Lipinski definition) is 4. The molecule has 156 valence electrons. The summed E-state index contributed by atoms with van der Waals surface area (Å²) in [6, 6.07) is 28.6. The molecule has 2 heterocycles. The monoisotopic (exact) mass is 420 g/mol. The molecule has 6 nitrogen and oxygen atoms in total. The molecular formula is C26H20N4O2. The van der Waals surface area contributed by atoms with E-state index < -0.39 is 0 Å². The van der Waals surface area contributed by atoms with E-state index in [0.29, 0.717) is 34.3 Å². The van der Waals surface area contributed by atoms with Crippen molar-refractivity contribution in [1.82, 2.24) is 14.8 Å². The number of ether oxygens (including phenoxy) is 1. The second-order valence-corrected chi connectivity index (χ2v) is 7.28. The fourth-order valence-corrected chi connectivity index (χ4v) is 3.50. The molecule has 0 bridgehead atoms. The highest BCUT2D eigenvalue weighted by atomic mass is 16.5. The molecule has 32 heavy (non-hydrogen) atoms. The lowest BCUT2D eigenvalue weighted by molar-refractivity contribution is 0.102. The maximum atomic E-state index is 13.1. The van der Waals surface area contributed by atoms with Gasteiger partial charge < -0.3 is 10.1 Å². The number of rotatable bonds is 5. The highest BCUT2D eigenvalue weighted by Crippen LogP contribution is 2.29. The van der Waals surface area contributed by atoms with Gasteiger partial charge in [-0.15, -0.1) is 0 Å². The normalized spacial score (nSPS) is 10.8. The summed E-state index contributed by atoms with van der Waals surface area (Å²) in [5, 5.41) is 8.40. The molecule has 0 aliphatic heterocycles. The van der Waals surface area contributed by atoms with Gasteiger partial charge in [0.05, 0.1) is 28.7 Å². The molecule has 0 unspecified atom stereocenters. The van der Waals surface area contributed by atoms with Crippen LogP contribution in [0.2, 0.25) is 0 Å². The number of fused-ring (bicyclic) bond motifs is 1. The lowest BCUT2D eigenvalue weighted by Crippen LogP contribution is -2.14. The Labute approximate surface area is 185 Å². The lowest BCUT2D eigenvalue weighted by atomic mass is 10.2. The summed E-state index contributed by atoms with van der Waals surface area (Å²) in [5.41, 5.74) is 2.62. The van der Waals surface area contributed by atoms with Gasteiger partial charge in [0, 0.05) is 5.39 Å². The van der Waals surface area contributed by atoms with Gasteiger partial charge >= 0.3 is 0 Å². The van der Waals surface area contributed by atoms with E-state index in [0.717, 1.165) is 10.9 Å². The average Bonchev–Trinajstić information content (AvgIpc) is 3.22. The number of anilines is 1. The van der Waals surface area contributed by atoms with Crippen LogP contribution in [0.15, 0.2) is 97.2 Å². The Bertz CT molecular complexity index is 1410. The molecule has 0 fully saturated rings. The van der Waals surface area contributed by atoms with Crippen molar-refractivity contribution in [2.45, 2.75) is 6.92 Å². The summed E-state index contributed by atoms with van der Waals surface area (Å²) in [7, 11) is 0. The Morgan fingerprint density at radius 2 is 1.62 bits per heavy atom. The summed E-state index contributed by atoms with van der Waals surface area (Å²) in [4.78, 5) is 17.7. The minimum atomic E-state index is -0.265. The molecule has 0 atom stereocenters. The highest BCUT2D eigenvalue weighted by Gasteiger charge is 2.17. The number of carbonyl (C=O) groups excluding carboxylic acids is 1. The van der Waals surface area contributed by atoms with Crippen molar-refractivity contribution in [2.24, 2.45) is 0 Å². The van der Waals surface area contributed by atoms with Crippen molar-refractivity contribution >= 4 is 22.5 Å². The largest absolute Gasteiger partial charge is 0.455 e. The number of hydrogen-bond donors (Lipinski definition) is 1. The minimum absolute atomic E-state index is 0.265. The SMILES string of the molecule is Cc1c(C(=O)Nc2ccccc2Oc2ccccc2)cnn1-c1ccc2ccccc2n1. The molecule has 1 N–H and O–H groups in total. The van der Waals surface area contributed by atoms with Crippen LogP contribution in [0.3, 0.4) is 0 Å². The van der Waals surface area contributed by atoms with Crippen LogP contribution in [0.5, 0.6) is 11.5 Å². The van der Waals surface area contributed by atoms with E-state index in [1.807, 2.05) is 91.9 Å². The van der Waals surface area contributed by atoms with Crippen LogP contribution in [-0.2, 0) is 0 Å². The second-order valence-electron chi connectivity index (χ2n) is 7.28. The van der Waals surface area contributed by atoms with E-state index in [1.54, 1.807) is 16.9 Å². The fourth-order valence-electron chi connectivity index (χ4n) is 3.50. The molecule has 0 saturated carbocycles. The summed E-state index contributed by atoms with van der Waals surface area (Å²) >= 11 is 0. The van der Waals surface area contributed by atoms with Crippen molar-refractivity contribution in [2.75, 3.05) is 5.32 Å². The molecule has 2 aromatic heterocycles. The molecule has 0 radical (unpaired) electrons. The second kappa shape index (κ2) is 8.35. The first kappa shape index (κ1) is 19.5. The van der Waals surface area contributed by atoms with E-state index in [9.17, 15) is 4.79 Å². The molecule has 3 aromatic carbocycles. The lowest BCUT2D eigenvalue weighted by Gasteiger charge is -2.12. The van der Waals surface area contributed by atoms with Crippen LogP contribution in [0.4, 0.5) is 5.69 Å². The number of aromatic nitrogens is 3. The number of benzene rings is 3. The van der Waals surface area contributed by atoms with Crippen molar-refractivity contribution < 1.29 is 9.53 Å². The Balaban J connectivity index is 1.41. The molecule has 5 rings (SSSR count). The van der Waals surface area contributed by atoms with Gasteiger partial charge in [-0.05, 0) is 49.4 Å². The van der Waals surface area contributed by atoms with Gasteiger partial charge in [0.1, 0.15) is 5.75 Å². The highest BCUT2D eigenvalue weighted by molar-refractivity contribution is 6.05. The van der Waals surface area contributed by atoms with Crippen molar-refractivity contribution in [3.05, 3.63) is 108 Å². The third-order valence-electron chi connectivity index (χ3n) is 5.16. The van der Waals surface area contributed by atoms with Crippen molar-refractivity contribution in [3.63, 3.8) is 0 Å². The standard InChI is InChI=1S/C26H20N4O2/c1-18-21(17-27-30(18)25-16-15-19-9-5-6-12-22(19)28-25)26(31)29-23-13-7-8-14-24(23)32-20-10-3-2-4-11-20/h2-17H,1H3,(H,29,31). The quantitative estimate of drug-likeness (QED) is 0.392. The maximum absolute atomic E-state index is 13.1. The van der Waals surface area contributed by atoms with E-state index >= 15 is 0 Å². The van der Waals surface area contributed by atoms with Crippen LogP contribution >= 0.6 is 0 Å². The topological polar surface area (TPSA) is 69.0 Å². The number of carbonyl (C=O) groups is 1. The first-order valence-corrected chi connectivity index (χ1v) is 10.2. The summed E-state index contributed by atoms with van der Waals surface area (Å²) in [6.45, 7) is 1.85. The number of nitrogens with zero attached hydrogens (tertiary/aromatic N) is 3. The molecule has 1 amide bonds. The van der Waals surface area contributed by atoms with Gasteiger partial charge in [-0.2, -0.15) is 5.10 Å². The fraction of sp³-hybridized carbons (Fsp3) is 0.0385. The predicted octanol–water partition coefficient (Wildman–Crippen LogP) is 5.77. The molecular weight excluding hydrogens is 400 g/mol. The van der Waals surface area contributed by atoms with E-state index in [-0.39, 0.29) is 5.91 Å². The third-order valence-corrected chi connectivity index (χ3v) is 5.16. The zero-order valence-corrected chi connectivity index (χ0v) is 17.4. The van der Waals surface area contributed by atoms with E-state index in [1.165, 1.54) is 0 Å². The Hall–Kier alpha value is -4.45. The van der Waals surface area contributed by atoms with Gasteiger partial charge in [-0.1, -0.05) is 48.5 Å². The molecule has 6 heteroatoms. The summed E-state index contributed by atoms with van der Waals surface area (Å²) < 4.78 is 7.62. The summed E-state index contributed by atoms with van der Waals surface area (Å²) in [6.07, 6.45) is 1.56. The van der Waals surface area contributed by atoms with Gasteiger partial charge in [-0.3, -0.25) is 4.79 Å². The van der Waals surface area contributed by atoms with E-state index in [4.69, 9.17) is 4.74 Å². The zero-order chi connectivity index (χ0) is 21.9. The van der Waals surface area contributed by atoms with E-state index in [2.05, 4.69) is 15.4 Å². The van der Waals surface area contributed by atoms with Crippen molar-refractivity contribution in [3.8, 4) is 17.3 Å². The number of pyridine rings is 1. The van der Waals surface area contributed by atoms with Gasteiger partial charge in [0.25, 0.3) is 5.91 Å². The number of amides is 1. The zero-order valence-electron chi connectivity index (χ0n) is 17.4. The van der Waals surface area contributed by atoms with Crippen LogP contribution < -0.4 is 10.1 Å². The smallest absolute Gasteiger partial charge is 0.259 e. The first-order valence-electron chi connectivity index (χ1n) is 10.2. The van der Waals surface area contributed by atoms with Crippen LogP contribution in [-0.4, -0.2) is 20.7 Å². The first-order chi connectivity index (χ1) is 15.7. The van der Waals surface area contributed by atoms with Crippen LogP contribution in [0, 0.1) is 6.92 Å². The van der Waals surface area contributed by atoms with Gasteiger partial charge in [0.2, 0.25) is 0 Å². The third kappa shape index (κ3) is 3.81. The Kier molecular flexibility index (Phi) is 5.09. The van der Waals surface area contributed by atoms with Gasteiger partial charge in [-0.25, -0.2) is 9.67 Å². The minimum Gasteiger partial charge on any atom is -0.455 e. The van der Waals surface area contributed by atoms with Gasteiger partial charge in [0.15, 0.2) is 11.6 Å². The molecule has 0 saturated heterocycles. The van der Waals surface area contributed by atoms with Crippen molar-refractivity contribution in [1.29, 1.82) is 0 Å². The number of para-hydroxylation sites is 4. The number of nitrogens with one attached hydrogen (secondary N) is 1. The Morgan fingerprint density at radius 3 is 2.50 bits per heavy atom. The molecule has 5 aromatic rings. The maximum Gasteiger partial charge on any atom is 0.259 e. The van der Waals surface area contributed by atoms with Crippen LogP contribution in [0.1, 0.15) is 16.1 Å². The Morgan fingerprint density at radius 1 is 0.875 bits per heavy atom. The molecule has 0 spiro atoms. The molecule has 0 aliphatic rings. The predicted molar refractivity (Wildman–Crippen MR) is 125 cm³/mol. The molecule has 0 aliphatic carbocycles. The average molecular weight is 420 g/mol. The van der Waals surface area contributed by atoms with Crippen LogP contribution in [0.25, 0.3) is 16.7 Å².